The molecule has 1 aromatic rings. The van der Waals surface area contributed by atoms with Gasteiger partial charge in [-0.1, -0.05) is 30.7 Å². The lowest BCUT2D eigenvalue weighted by molar-refractivity contribution is -0.0164. The molecule has 0 atom stereocenters. The summed E-state index contributed by atoms with van der Waals surface area (Å²) in [4.78, 5) is 9.75. The quantitative estimate of drug-likeness (QED) is 0.306. The van der Waals surface area contributed by atoms with Gasteiger partial charge in [-0.3, -0.25) is 14.8 Å². The number of benzene rings is 1. The molecule has 0 spiro atoms. The summed E-state index contributed by atoms with van der Waals surface area (Å²) in [5, 5.41) is 7.14. The molecular weight excluding hydrogens is 513 g/mol. The normalized spacial score (nSPS) is 22.3. The number of guanidine groups is 1. The third-order valence-electron chi connectivity index (χ3n) is 7.35. The van der Waals surface area contributed by atoms with E-state index in [1.807, 2.05) is 7.05 Å². The van der Waals surface area contributed by atoms with Crippen molar-refractivity contribution in [2.45, 2.75) is 63.6 Å². The molecule has 0 aliphatic carbocycles. The summed E-state index contributed by atoms with van der Waals surface area (Å²) < 4.78 is 5.68. The first kappa shape index (κ1) is 25.7. The van der Waals surface area contributed by atoms with Crippen LogP contribution in [0.2, 0.25) is 0 Å². The molecule has 4 rings (SSSR count). The van der Waals surface area contributed by atoms with Gasteiger partial charge in [-0.25, -0.2) is 0 Å². The Morgan fingerprint density at radius 1 is 0.906 bits per heavy atom. The van der Waals surface area contributed by atoms with Gasteiger partial charge in [0.25, 0.3) is 0 Å². The third-order valence-corrected chi connectivity index (χ3v) is 7.35. The minimum absolute atomic E-state index is 0. The monoisotopic (exact) mass is 555 g/mol. The lowest BCUT2D eigenvalue weighted by Gasteiger charge is -2.45. The molecule has 6 nitrogen and oxygen atoms in total. The predicted octanol–water partition coefficient (Wildman–Crippen LogP) is 3.60. The van der Waals surface area contributed by atoms with Crippen LogP contribution in [0.25, 0.3) is 0 Å². The van der Waals surface area contributed by atoms with Gasteiger partial charge < -0.3 is 15.4 Å². The van der Waals surface area contributed by atoms with Crippen molar-refractivity contribution < 1.29 is 4.74 Å². The van der Waals surface area contributed by atoms with Gasteiger partial charge in [0.2, 0.25) is 0 Å². The number of piperidine rings is 1. The average molecular weight is 556 g/mol. The van der Waals surface area contributed by atoms with Crippen molar-refractivity contribution in [3.8, 4) is 0 Å². The Kier molecular flexibility index (Phi) is 10.5. The molecule has 0 bridgehead atoms. The molecule has 0 saturated carbocycles. The molecule has 0 aromatic heterocycles. The Bertz CT molecular complexity index is 693. The zero-order valence-corrected chi connectivity index (χ0v) is 22.1. The first-order valence-electron chi connectivity index (χ1n) is 12.3. The second kappa shape index (κ2) is 13.1. The molecule has 3 saturated heterocycles. The van der Waals surface area contributed by atoms with E-state index in [1.54, 1.807) is 0 Å². The highest BCUT2D eigenvalue weighted by Crippen LogP contribution is 2.30. The first-order chi connectivity index (χ1) is 15.3. The molecule has 0 radical (unpaired) electrons. The summed E-state index contributed by atoms with van der Waals surface area (Å²) in [6, 6.07) is 9.08. The average Bonchev–Trinajstić information content (AvgIpc) is 3.37. The number of ether oxygens (including phenoxy) is 1. The van der Waals surface area contributed by atoms with E-state index in [1.165, 1.54) is 69.4 Å². The summed E-state index contributed by atoms with van der Waals surface area (Å²) >= 11 is 0. The van der Waals surface area contributed by atoms with E-state index in [2.05, 4.69) is 49.7 Å². The number of hydrogen-bond acceptors (Lipinski definition) is 4. The van der Waals surface area contributed by atoms with Crippen LogP contribution in [0.1, 0.15) is 56.1 Å². The van der Waals surface area contributed by atoms with E-state index >= 15 is 0 Å². The molecule has 3 aliphatic heterocycles. The number of hydrogen-bond donors (Lipinski definition) is 2. The lowest BCUT2D eigenvalue weighted by Crippen LogP contribution is -2.58. The first-order valence-corrected chi connectivity index (χ1v) is 12.3. The van der Waals surface area contributed by atoms with E-state index < -0.39 is 0 Å². The summed E-state index contributed by atoms with van der Waals surface area (Å²) in [6.07, 6.45) is 8.95. The highest BCUT2D eigenvalue weighted by molar-refractivity contribution is 14.0. The van der Waals surface area contributed by atoms with Gasteiger partial charge in [0.05, 0.1) is 0 Å². The molecule has 32 heavy (non-hydrogen) atoms. The fourth-order valence-electron chi connectivity index (χ4n) is 5.34. The van der Waals surface area contributed by atoms with E-state index in [4.69, 9.17) is 4.74 Å². The zero-order valence-electron chi connectivity index (χ0n) is 19.8. The fraction of sp³-hybridized carbons (Fsp3) is 0.720. The maximum atomic E-state index is 5.68. The standard InChI is InChI=1S/C25H41N5O.HI/c1-26-24(28-21-25(11-17-31-18-12-25)30-15-5-6-16-30)27-19-22-7-9-23(10-8-22)20-29-13-3-2-4-14-29;/h7-10H,2-6,11-21H2,1H3,(H2,26,27,28);1H. The van der Waals surface area contributed by atoms with Crippen LogP contribution in [0, 0.1) is 0 Å². The number of likely N-dealkylation sites (tertiary alicyclic amines) is 2. The number of aliphatic imine (C=N–C) groups is 1. The topological polar surface area (TPSA) is 52.1 Å². The van der Waals surface area contributed by atoms with E-state index in [-0.39, 0.29) is 29.5 Å². The minimum Gasteiger partial charge on any atom is -0.381 e. The number of halogens is 1. The lowest BCUT2D eigenvalue weighted by atomic mass is 9.88. The molecule has 3 aliphatic rings. The zero-order chi connectivity index (χ0) is 21.4. The van der Waals surface area contributed by atoms with Gasteiger partial charge in [0.1, 0.15) is 0 Å². The number of nitrogens with one attached hydrogen (secondary N) is 2. The minimum atomic E-state index is 0. The highest BCUT2D eigenvalue weighted by Gasteiger charge is 2.39. The van der Waals surface area contributed by atoms with Crippen molar-refractivity contribution >= 4 is 29.9 Å². The Balaban J connectivity index is 0.00000289. The molecule has 3 heterocycles. The number of rotatable bonds is 7. The van der Waals surface area contributed by atoms with Gasteiger partial charge in [-0.15, -0.1) is 24.0 Å². The van der Waals surface area contributed by atoms with Crippen LogP contribution in [0.5, 0.6) is 0 Å². The van der Waals surface area contributed by atoms with Crippen molar-refractivity contribution in [2.75, 3.05) is 53.0 Å². The highest BCUT2D eigenvalue weighted by atomic mass is 127. The summed E-state index contributed by atoms with van der Waals surface area (Å²) in [5.41, 5.74) is 2.92. The van der Waals surface area contributed by atoms with E-state index in [9.17, 15) is 0 Å². The van der Waals surface area contributed by atoms with Gasteiger partial charge in [0, 0.05) is 45.4 Å². The Labute approximate surface area is 211 Å². The maximum Gasteiger partial charge on any atom is 0.191 e. The molecule has 0 amide bonds. The molecule has 7 heteroatoms. The second-order valence-electron chi connectivity index (χ2n) is 9.46. The largest absolute Gasteiger partial charge is 0.381 e. The van der Waals surface area contributed by atoms with E-state index in [0.717, 1.165) is 51.6 Å². The molecule has 1 aromatic carbocycles. The van der Waals surface area contributed by atoms with Gasteiger partial charge >= 0.3 is 0 Å². The second-order valence-corrected chi connectivity index (χ2v) is 9.46. The fourth-order valence-corrected chi connectivity index (χ4v) is 5.34. The Hall–Kier alpha value is -0.900. The van der Waals surface area contributed by atoms with Crippen LogP contribution in [-0.2, 0) is 17.8 Å². The Morgan fingerprint density at radius 3 is 2.19 bits per heavy atom. The molecule has 180 valence electrons. The van der Waals surface area contributed by atoms with Crippen LogP contribution in [0.4, 0.5) is 0 Å². The maximum absolute atomic E-state index is 5.68. The SMILES string of the molecule is CN=C(NCc1ccc(CN2CCCCC2)cc1)NCC1(N2CCCC2)CCOCC1.I. The van der Waals surface area contributed by atoms with Crippen LogP contribution in [-0.4, -0.2) is 74.3 Å². The summed E-state index contributed by atoms with van der Waals surface area (Å²) in [5.74, 6) is 0.891. The third kappa shape index (κ3) is 7.05. The van der Waals surface area contributed by atoms with Crippen molar-refractivity contribution in [1.82, 2.24) is 20.4 Å². The van der Waals surface area contributed by atoms with Crippen molar-refractivity contribution in [1.29, 1.82) is 0 Å². The summed E-state index contributed by atoms with van der Waals surface area (Å²) in [6.45, 7) is 9.48. The van der Waals surface area contributed by atoms with Crippen LogP contribution >= 0.6 is 24.0 Å². The summed E-state index contributed by atoms with van der Waals surface area (Å²) in [7, 11) is 1.86. The Morgan fingerprint density at radius 2 is 1.53 bits per heavy atom. The number of nitrogens with zero attached hydrogens (tertiary/aromatic N) is 3. The van der Waals surface area contributed by atoms with Crippen LogP contribution in [0.15, 0.2) is 29.3 Å². The van der Waals surface area contributed by atoms with Gasteiger partial charge in [-0.2, -0.15) is 0 Å². The van der Waals surface area contributed by atoms with Crippen LogP contribution in [0.3, 0.4) is 0 Å². The van der Waals surface area contributed by atoms with Crippen molar-refractivity contribution in [2.24, 2.45) is 4.99 Å². The molecule has 2 N–H and O–H groups in total. The van der Waals surface area contributed by atoms with Crippen molar-refractivity contribution in [3.05, 3.63) is 35.4 Å². The van der Waals surface area contributed by atoms with Crippen molar-refractivity contribution in [3.63, 3.8) is 0 Å². The van der Waals surface area contributed by atoms with Gasteiger partial charge in [0.15, 0.2) is 5.96 Å². The molecular formula is C25H42IN5O. The van der Waals surface area contributed by atoms with Gasteiger partial charge in [-0.05, 0) is 75.8 Å². The smallest absolute Gasteiger partial charge is 0.191 e. The van der Waals surface area contributed by atoms with Crippen LogP contribution < -0.4 is 10.6 Å². The van der Waals surface area contributed by atoms with E-state index in [0.29, 0.717) is 0 Å². The predicted molar refractivity (Wildman–Crippen MR) is 143 cm³/mol. The molecule has 0 unspecified atom stereocenters. The molecule has 3 fully saturated rings.